The minimum atomic E-state index is -4.07. The molecule has 0 unspecified atom stereocenters. The van der Waals surface area contributed by atoms with Gasteiger partial charge in [-0.3, -0.25) is 14.1 Å². The van der Waals surface area contributed by atoms with Gasteiger partial charge in [-0.15, -0.1) is 0 Å². The average molecular weight is 490 g/mol. The van der Waals surface area contributed by atoms with E-state index in [2.05, 4.69) is 10.3 Å². The summed E-state index contributed by atoms with van der Waals surface area (Å²) in [5.74, 6) is -1.02. The maximum atomic E-state index is 13.5. The Kier molecular flexibility index (Phi) is 7.22. The standard InChI is InChI=1S/C27H24FN3O3S/c1-20-2-12-26(13-3-20)35(33,34)31(25-10-6-23(28)7-11-25)19-27(32)30-24-8-4-21(5-9-24)18-22-14-16-29-17-15-22/h2-17H,18-19H2,1H3,(H,30,32). The zero-order valence-electron chi connectivity index (χ0n) is 19.1. The SMILES string of the molecule is Cc1ccc(S(=O)(=O)N(CC(=O)Nc2ccc(Cc3ccncc3)cc2)c2ccc(F)cc2)cc1. The van der Waals surface area contributed by atoms with E-state index in [0.717, 1.165) is 39.5 Å². The van der Waals surface area contributed by atoms with Crippen LogP contribution in [0.1, 0.15) is 16.7 Å². The van der Waals surface area contributed by atoms with Crippen molar-refractivity contribution in [3.63, 3.8) is 0 Å². The van der Waals surface area contributed by atoms with E-state index in [0.29, 0.717) is 5.69 Å². The van der Waals surface area contributed by atoms with Crippen LogP contribution in [0.25, 0.3) is 0 Å². The van der Waals surface area contributed by atoms with Gasteiger partial charge in [-0.2, -0.15) is 0 Å². The van der Waals surface area contributed by atoms with Crippen LogP contribution in [0, 0.1) is 12.7 Å². The van der Waals surface area contributed by atoms with Gasteiger partial charge in [0.1, 0.15) is 12.4 Å². The number of hydrogen-bond acceptors (Lipinski definition) is 4. The monoisotopic (exact) mass is 489 g/mol. The third-order valence-corrected chi connectivity index (χ3v) is 7.19. The van der Waals surface area contributed by atoms with Gasteiger partial charge in [0.2, 0.25) is 5.91 Å². The Bertz CT molecular complexity index is 1390. The van der Waals surface area contributed by atoms with E-state index in [1.807, 2.05) is 31.2 Å². The second-order valence-electron chi connectivity index (χ2n) is 8.08. The molecule has 0 radical (unpaired) electrons. The molecule has 0 fully saturated rings. The first-order valence-corrected chi connectivity index (χ1v) is 12.4. The van der Waals surface area contributed by atoms with E-state index in [-0.39, 0.29) is 10.6 Å². The molecule has 0 aliphatic carbocycles. The van der Waals surface area contributed by atoms with Crippen LogP contribution in [-0.4, -0.2) is 25.9 Å². The second-order valence-corrected chi connectivity index (χ2v) is 9.94. The second kappa shape index (κ2) is 10.5. The molecule has 1 amide bonds. The lowest BCUT2D eigenvalue weighted by atomic mass is 10.1. The minimum absolute atomic E-state index is 0.0423. The Morgan fingerprint density at radius 1 is 0.857 bits per heavy atom. The first kappa shape index (κ1) is 24.1. The van der Waals surface area contributed by atoms with Crippen molar-refractivity contribution in [2.24, 2.45) is 0 Å². The highest BCUT2D eigenvalue weighted by Crippen LogP contribution is 2.24. The maximum Gasteiger partial charge on any atom is 0.264 e. The quantitative estimate of drug-likeness (QED) is 0.380. The summed E-state index contributed by atoms with van der Waals surface area (Å²) in [4.78, 5) is 16.9. The number of aryl methyl sites for hydroxylation is 1. The van der Waals surface area contributed by atoms with Crippen molar-refractivity contribution in [3.8, 4) is 0 Å². The van der Waals surface area contributed by atoms with Gasteiger partial charge < -0.3 is 5.32 Å². The Balaban J connectivity index is 1.52. The van der Waals surface area contributed by atoms with E-state index >= 15 is 0 Å². The number of nitrogens with one attached hydrogen (secondary N) is 1. The summed E-state index contributed by atoms with van der Waals surface area (Å²) in [6.45, 7) is 1.38. The highest BCUT2D eigenvalue weighted by Gasteiger charge is 2.27. The number of pyridine rings is 1. The van der Waals surface area contributed by atoms with Crippen LogP contribution in [0.3, 0.4) is 0 Å². The van der Waals surface area contributed by atoms with E-state index in [1.54, 1.807) is 36.7 Å². The molecule has 0 atom stereocenters. The highest BCUT2D eigenvalue weighted by atomic mass is 32.2. The zero-order chi connectivity index (χ0) is 24.8. The molecule has 4 rings (SSSR count). The minimum Gasteiger partial charge on any atom is -0.325 e. The fourth-order valence-corrected chi connectivity index (χ4v) is 4.95. The number of benzene rings is 3. The van der Waals surface area contributed by atoms with Gasteiger partial charge in [0, 0.05) is 18.1 Å². The van der Waals surface area contributed by atoms with Gasteiger partial charge in [0.25, 0.3) is 10.0 Å². The molecule has 1 aromatic heterocycles. The molecule has 178 valence electrons. The normalized spacial score (nSPS) is 11.1. The third kappa shape index (κ3) is 6.10. The molecule has 0 spiro atoms. The summed E-state index contributed by atoms with van der Waals surface area (Å²) >= 11 is 0. The number of halogens is 1. The number of sulfonamides is 1. The molecule has 0 bridgehead atoms. The van der Waals surface area contributed by atoms with Crippen molar-refractivity contribution < 1.29 is 17.6 Å². The van der Waals surface area contributed by atoms with Crippen LogP contribution < -0.4 is 9.62 Å². The molecule has 0 saturated carbocycles. The van der Waals surface area contributed by atoms with Crippen LogP contribution in [0.2, 0.25) is 0 Å². The van der Waals surface area contributed by atoms with Gasteiger partial charge in [-0.1, -0.05) is 29.8 Å². The van der Waals surface area contributed by atoms with Crippen LogP contribution in [0.5, 0.6) is 0 Å². The average Bonchev–Trinajstić information content (AvgIpc) is 2.85. The molecule has 6 nitrogen and oxygen atoms in total. The van der Waals surface area contributed by atoms with Gasteiger partial charge in [-0.05, 0) is 85.1 Å². The van der Waals surface area contributed by atoms with Gasteiger partial charge >= 0.3 is 0 Å². The molecule has 0 aliphatic rings. The lowest BCUT2D eigenvalue weighted by Gasteiger charge is -2.24. The summed E-state index contributed by atoms with van der Waals surface area (Å²) in [7, 11) is -4.07. The maximum absolute atomic E-state index is 13.5. The van der Waals surface area contributed by atoms with Gasteiger partial charge in [0.05, 0.1) is 10.6 Å². The Labute approximate surface area is 204 Å². The number of carbonyl (C=O) groups is 1. The largest absolute Gasteiger partial charge is 0.325 e. The topological polar surface area (TPSA) is 79.4 Å². The number of amides is 1. The molecule has 1 heterocycles. The lowest BCUT2D eigenvalue weighted by Crippen LogP contribution is -2.38. The molecule has 4 aromatic rings. The van der Waals surface area contributed by atoms with E-state index in [4.69, 9.17) is 0 Å². The Morgan fingerprint density at radius 3 is 2.09 bits per heavy atom. The van der Waals surface area contributed by atoms with Gasteiger partial charge in [0.15, 0.2) is 0 Å². The number of nitrogens with zero attached hydrogens (tertiary/aromatic N) is 2. The Morgan fingerprint density at radius 2 is 1.46 bits per heavy atom. The van der Waals surface area contributed by atoms with Crippen LogP contribution in [0.4, 0.5) is 15.8 Å². The molecular weight excluding hydrogens is 465 g/mol. The molecular formula is C27H24FN3O3S. The van der Waals surface area contributed by atoms with Crippen LogP contribution >= 0.6 is 0 Å². The summed E-state index contributed by atoms with van der Waals surface area (Å²) in [5, 5.41) is 2.75. The summed E-state index contributed by atoms with van der Waals surface area (Å²) in [6, 6.07) is 22.5. The smallest absolute Gasteiger partial charge is 0.264 e. The van der Waals surface area contributed by atoms with Crippen LogP contribution in [-0.2, 0) is 21.2 Å². The zero-order valence-corrected chi connectivity index (χ0v) is 19.9. The van der Waals surface area contributed by atoms with Crippen molar-refractivity contribution in [3.05, 3.63) is 120 Å². The highest BCUT2D eigenvalue weighted by molar-refractivity contribution is 7.92. The van der Waals surface area contributed by atoms with Crippen molar-refractivity contribution in [1.29, 1.82) is 0 Å². The van der Waals surface area contributed by atoms with Crippen molar-refractivity contribution in [1.82, 2.24) is 4.98 Å². The van der Waals surface area contributed by atoms with Crippen molar-refractivity contribution in [2.45, 2.75) is 18.2 Å². The third-order valence-electron chi connectivity index (χ3n) is 5.41. The van der Waals surface area contributed by atoms with E-state index in [1.165, 1.54) is 24.3 Å². The van der Waals surface area contributed by atoms with E-state index < -0.39 is 28.3 Å². The molecule has 1 N–H and O–H groups in total. The number of anilines is 2. The molecule has 3 aromatic carbocycles. The predicted molar refractivity (Wildman–Crippen MR) is 134 cm³/mol. The van der Waals surface area contributed by atoms with Crippen molar-refractivity contribution >= 4 is 27.3 Å². The molecule has 35 heavy (non-hydrogen) atoms. The summed E-state index contributed by atoms with van der Waals surface area (Å²) < 4.78 is 41.2. The number of hydrogen-bond donors (Lipinski definition) is 1. The predicted octanol–water partition coefficient (Wildman–Crippen LogP) is 4.95. The Hall–Kier alpha value is -4.04. The van der Waals surface area contributed by atoms with E-state index in [9.17, 15) is 17.6 Å². The number of aromatic nitrogens is 1. The number of carbonyl (C=O) groups excluding carboxylic acids is 1. The molecule has 0 aliphatic heterocycles. The first-order chi connectivity index (χ1) is 16.8. The fourth-order valence-electron chi connectivity index (χ4n) is 3.53. The molecule has 8 heteroatoms. The first-order valence-electron chi connectivity index (χ1n) is 10.9. The fraction of sp³-hybridized carbons (Fsp3) is 0.111. The molecule has 0 saturated heterocycles. The lowest BCUT2D eigenvalue weighted by molar-refractivity contribution is -0.114. The van der Waals surface area contributed by atoms with Gasteiger partial charge in [-0.25, -0.2) is 12.8 Å². The number of rotatable bonds is 8. The summed E-state index contributed by atoms with van der Waals surface area (Å²) in [5.41, 5.74) is 3.81. The van der Waals surface area contributed by atoms with Crippen LogP contribution in [0.15, 0.2) is 102 Å². The summed E-state index contributed by atoms with van der Waals surface area (Å²) in [6.07, 6.45) is 4.20. The van der Waals surface area contributed by atoms with Crippen molar-refractivity contribution in [2.75, 3.05) is 16.2 Å².